The van der Waals surface area contributed by atoms with Crippen molar-refractivity contribution in [3.63, 3.8) is 0 Å². The second-order valence-electron chi connectivity index (χ2n) is 4.85. The van der Waals surface area contributed by atoms with Gasteiger partial charge in [0, 0.05) is 23.2 Å². The van der Waals surface area contributed by atoms with Crippen molar-refractivity contribution in [2.24, 2.45) is 5.73 Å². The summed E-state index contributed by atoms with van der Waals surface area (Å²) in [7, 11) is 0. The molecule has 0 amide bonds. The number of ether oxygens (including phenoxy) is 1. The molecule has 1 aliphatic heterocycles. The standard InChI is InChI=1S/C13H13BrFN3O2/c14-9-5-8(6-10(15)7-9)11-17-12(20-18-11)13(16)1-3-19-4-2-13/h5-7H,1-4,16H2. The molecule has 2 aromatic rings. The van der Waals surface area contributed by atoms with E-state index in [1.54, 1.807) is 6.07 Å². The monoisotopic (exact) mass is 341 g/mol. The van der Waals surface area contributed by atoms with Gasteiger partial charge in [-0.05, 0) is 31.0 Å². The van der Waals surface area contributed by atoms with Crippen molar-refractivity contribution >= 4 is 15.9 Å². The number of nitrogens with two attached hydrogens (primary N) is 1. The average Bonchev–Trinajstić information content (AvgIpc) is 2.89. The molecule has 1 aromatic carbocycles. The van der Waals surface area contributed by atoms with Crippen LogP contribution >= 0.6 is 15.9 Å². The third kappa shape index (κ3) is 2.61. The SMILES string of the molecule is NC1(c2nc(-c3cc(F)cc(Br)c3)no2)CCOCC1. The largest absolute Gasteiger partial charge is 0.381 e. The Morgan fingerprint density at radius 3 is 2.70 bits per heavy atom. The normalized spacial score (nSPS) is 18.1. The van der Waals surface area contributed by atoms with E-state index in [-0.39, 0.29) is 5.82 Å². The van der Waals surface area contributed by atoms with Gasteiger partial charge in [0.15, 0.2) is 0 Å². The molecule has 0 atom stereocenters. The van der Waals surface area contributed by atoms with Gasteiger partial charge in [-0.2, -0.15) is 4.98 Å². The molecule has 1 fully saturated rings. The molecule has 20 heavy (non-hydrogen) atoms. The van der Waals surface area contributed by atoms with E-state index >= 15 is 0 Å². The minimum atomic E-state index is -0.659. The first-order valence-electron chi connectivity index (χ1n) is 6.24. The van der Waals surface area contributed by atoms with E-state index in [0.29, 0.717) is 47.8 Å². The summed E-state index contributed by atoms with van der Waals surface area (Å²) in [5, 5.41) is 3.89. The van der Waals surface area contributed by atoms with Gasteiger partial charge in [0.05, 0.1) is 0 Å². The molecule has 0 unspecified atom stereocenters. The van der Waals surface area contributed by atoms with Gasteiger partial charge in [0.1, 0.15) is 11.4 Å². The van der Waals surface area contributed by atoms with Crippen molar-refractivity contribution in [2.75, 3.05) is 13.2 Å². The molecule has 0 saturated carbocycles. The van der Waals surface area contributed by atoms with Crippen LogP contribution in [0, 0.1) is 5.82 Å². The van der Waals surface area contributed by atoms with E-state index in [2.05, 4.69) is 26.1 Å². The molecule has 3 rings (SSSR count). The highest BCUT2D eigenvalue weighted by Crippen LogP contribution is 2.30. The maximum Gasteiger partial charge on any atom is 0.247 e. The van der Waals surface area contributed by atoms with Crippen LogP contribution in [-0.4, -0.2) is 23.4 Å². The van der Waals surface area contributed by atoms with Gasteiger partial charge in [-0.15, -0.1) is 0 Å². The maximum absolute atomic E-state index is 13.4. The van der Waals surface area contributed by atoms with E-state index in [9.17, 15) is 4.39 Å². The summed E-state index contributed by atoms with van der Waals surface area (Å²) in [5.41, 5.74) is 6.16. The van der Waals surface area contributed by atoms with Gasteiger partial charge >= 0.3 is 0 Å². The Bertz CT molecular complexity index is 606. The van der Waals surface area contributed by atoms with Crippen LogP contribution in [-0.2, 0) is 10.3 Å². The smallest absolute Gasteiger partial charge is 0.247 e. The third-order valence-electron chi connectivity index (χ3n) is 3.36. The zero-order valence-corrected chi connectivity index (χ0v) is 12.2. The van der Waals surface area contributed by atoms with Gasteiger partial charge in [-0.3, -0.25) is 0 Å². The Morgan fingerprint density at radius 2 is 2.00 bits per heavy atom. The lowest BCUT2D eigenvalue weighted by molar-refractivity contribution is 0.0400. The van der Waals surface area contributed by atoms with E-state index in [1.165, 1.54) is 12.1 Å². The second kappa shape index (κ2) is 5.23. The highest BCUT2D eigenvalue weighted by molar-refractivity contribution is 9.10. The van der Waals surface area contributed by atoms with Gasteiger partial charge < -0.3 is 15.0 Å². The molecule has 106 valence electrons. The molecule has 2 N–H and O–H groups in total. The predicted octanol–water partition coefficient (Wildman–Crippen LogP) is 2.60. The summed E-state index contributed by atoms with van der Waals surface area (Å²) in [6.45, 7) is 1.14. The van der Waals surface area contributed by atoms with Gasteiger partial charge in [0.25, 0.3) is 0 Å². The molecule has 0 bridgehead atoms. The lowest BCUT2D eigenvalue weighted by Gasteiger charge is -2.29. The van der Waals surface area contributed by atoms with Crippen molar-refractivity contribution in [3.8, 4) is 11.4 Å². The first kappa shape index (κ1) is 13.7. The topological polar surface area (TPSA) is 74.2 Å². The minimum Gasteiger partial charge on any atom is -0.381 e. The molecule has 1 saturated heterocycles. The molecule has 2 heterocycles. The highest BCUT2D eigenvalue weighted by atomic mass is 79.9. The quantitative estimate of drug-likeness (QED) is 0.908. The van der Waals surface area contributed by atoms with Crippen LogP contribution in [0.4, 0.5) is 4.39 Å². The van der Waals surface area contributed by atoms with Crippen molar-refractivity contribution < 1.29 is 13.7 Å². The second-order valence-corrected chi connectivity index (χ2v) is 5.77. The number of benzene rings is 1. The van der Waals surface area contributed by atoms with Gasteiger partial charge in [-0.25, -0.2) is 4.39 Å². The predicted molar refractivity (Wildman–Crippen MR) is 73.3 cm³/mol. The summed E-state index contributed by atoms with van der Waals surface area (Å²) in [4.78, 5) is 4.31. The fourth-order valence-corrected chi connectivity index (χ4v) is 2.64. The van der Waals surface area contributed by atoms with Crippen LogP contribution in [0.3, 0.4) is 0 Å². The lowest BCUT2D eigenvalue weighted by Crippen LogP contribution is -2.42. The van der Waals surface area contributed by atoms with Crippen LogP contribution in [0.5, 0.6) is 0 Å². The number of nitrogens with zero attached hydrogens (tertiary/aromatic N) is 2. The Labute approximate surface area is 123 Å². The van der Waals surface area contributed by atoms with E-state index in [1.807, 2.05) is 0 Å². The lowest BCUT2D eigenvalue weighted by atomic mass is 9.91. The Balaban J connectivity index is 1.93. The molecular weight excluding hydrogens is 329 g/mol. The van der Waals surface area contributed by atoms with Crippen LogP contribution in [0.2, 0.25) is 0 Å². The molecule has 1 aromatic heterocycles. The van der Waals surface area contributed by atoms with Crippen LogP contribution in [0.25, 0.3) is 11.4 Å². The first-order valence-corrected chi connectivity index (χ1v) is 7.03. The highest BCUT2D eigenvalue weighted by Gasteiger charge is 2.35. The summed E-state index contributed by atoms with van der Waals surface area (Å²) in [5.74, 6) is 0.335. The Morgan fingerprint density at radius 1 is 1.25 bits per heavy atom. The van der Waals surface area contributed by atoms with Gasteiger partial charge in [-0.1, -0.05) is 21.1 Å². The Kier molecular flexibility index (Phi) is 3.57. The average molecular weight is 342 g/mol. The fourth-order valence-electron chi connectivity index (χ4n) is 2.18. The van der Waals surface area contributed by atoms with Crippen LogP contribution in [0.15, 0.2) is 27.2 Å². The van der Waals surface area contributed by atoms with E-state index < -0.39 is 5.54 Å². The van der Waals surface area contributed by atoms with E-state index in [0.717, 1.165) is 0 Å². The van der Waals surface area contributed by atoms with Crippen molar-refractivity contribution in [3.05, 3.63) is 34.4 Å². The number of halogens is 2. The fraction of sp³-hybridized carbons (Fsp3) is 0.385. The van der Waals surface area contributed by atoms with E-state index in [4.69, 9.17) is 15.0 Å². The van der Waals surface area contributed by atoms with Crippen molar-refractivity contribution in [1.82, 2.24) is 10.1 Å². The zero-order chi connectivity index (χ0) is 14.2. The molecule has 0 aliphatic carbocycles. The first-order chi connectivity index (χ1) is 9.57. The summed E-state index contributed by atoms with van der Waals surface area (Å²) < 4.78 is 24.6. The van der Waals surface area contributed by atoms with Crippen molar-refractivity contribution in [1.29, 1.82) is 0 Å². The molecule has 5 nitrogen and oxygen atoms in total. The van der Waals surface area contributed by atoms with Crippen LogP contribution < -0.4 is 5.73 Å². The molecular formula is C13H13BrFN3O2. The number of rotatable bonds is 2. The van der Waals surface area contributed by atoms with Crippen LogP contribution in [0.1, 0.15) is 18.7 Å². The molecule has 1 aliphatic rings. The summed E-state index contributed by atoms with van der Waals surface area (Å²) in [6.07, 6.45) is 1.25. The Hall–Kier alpha value is -1.31. The summed E-state index contributed by atoms with van der Waals surface area (Å²) in [6, 6.07) is 4.45. The molecule has 0 spiro atoms. The molecule has 7 heteroatoms. The van der Waals surface area contributed by atoms with Gasteiger partial charge in [0.2, 0.25) is 11.7 Å². The zero-order valence-electron chi connectivity index (χ0n) is 10.6. The maximum atomic E-state index is 13.4. The number of hydrogen-bond acceptors (Lipinski definition) is 5. The third-order valence-corrected chi connectivity index (χ3v) is 3.82. The molecule has 0 radical (unpaired) electrons. The number of hydrogen-bond donors (Lipinski definition) is 1. The summed E-state index contributed by atoms with van der Waals surface area (Å²) >= 11 is 3.24. The number of aromatic nitrogens is 2. The van der Waals surface area contributed by atoms with Crippen molar-refractivity contribution in [2.45, 2.75) is 18.4 Å². The minimum absolute atomic E-state index is 0.330.